The molecular weight excluding hydrogens is 256 g/mol. The molecule has 5 nitrogen and oxygen atoms in total. The van der Waals surface area contributed by atoms with E-state index in [1.165, 1.54) is 6.07 Å². The van der Waals surface area contributed by atoms with Crippen molar-refractivity contribution in [2.75, 3.05) is 13.2 Å². The molecule has 5 heteroatoms. The summed E-state index contributed by atoms with van der Waals surface area (Å²) in [5.74, 6) is 0.856. The maximum Gasteiger partial charge on any atom is 0.310 e. The summed E-state index contributed by atoms with van der Waals surface area (Å²) in [7, 11) is 0. The van der Waals surface area contributed by atoms with Gasteiger partial charge in [-0.15, -0.1) is 0 Å². The molecule has 0 aliphatic rings. The van der Waals surface area contributed by atoms with Crippen LogP contribution in [0.2, 0.25) is 0 Å². The molecule has 110 valence electrons. The van der Waals surface area contributed by atoms with E-state index in [9.17, 15) is 10.1 Å². The Labute approximate surface area is 119 Å². The zero-order valence-electron chi connectivity index (χ0n) is 12.3. The lowest BCUT2D eigenvalue weighted by atomic mass is 10.1. The van der Waals surface area contributed by atoms with Gasteiger partial charge < -0.3 is 10.1 Å². The molecule has 0 radical (unpaired) electrons. The van der Waals surface area contributed by atoms with Crippen LogP contribution in [-0.4, -0.2) is 18.1 Å². The number of ether oxygens (including phenoxy) is 1. The number of hydrogen-bond acceptors (Lipinski definition) is 4. The molecule has 0 saturated heterocycles. The second kappa shape index (κ2) is 7.65. The highest BCUT2D eigenvalue weighted by molar-refractivity contribution is 5.48. The number of nitrogens with one attached hydrogen (secondary N) is 1. The third-order valence-corrected chi connectivity index (χ3v) is 2.58. The van der Waals surface area contributed by atoms with E-state index >= 15 is 0 Å². The van der Waals surface area contributed by atoms with Crippen LogP contribution in [0.5, 0.6) is 5.75 Å². The number of benzene rings is 1. The third kappa shape index (κ3) is 5.40. The third-order valence-electron chi connectivity index (χ3n) is 2.58. The topological polar surface area (TPSA) is 64.4 Å². The van der Waals surface area contributed by atoms with Gasteiger partial charge >= 0.3 is 5.69 Å². The van der Waals surface area contributed by atoms with Gasteiger partial charge in [-0.3, -0.25) is 10.1 Å². The molecular formula is C15H22N2O3. The number of nitro benzene ring substituents is 1. The van der Waals surface area contributed by atoms with Crippen molar-refractivity contribution in [3.8, 4) is 5.75 Å². The predicted molar refractivity (Wildman–Crippen MR) is 80.0 cm³/mol. The van der Waals surface area contributed by atoms with E-state index in [-0.39, 0.29) is 12.3 Å². The minimum absolute atomic E-state index is 0.0149. The lowest BCUT2D eigenvalue weighted by Crippen LogP contribution is -2.19. The van der Waals surface area contributed by atoms with Crippen LogP contribution in [0.1, 0.15) is 26.3 Å². The van der Waals surface area contributed by atoms with Crippen molar-refractivity contribution in [1.29, 1.82) is 0 Å². The highest BCUT2D eigenvalue weighted by Gasteiger charge is 2.15. The summed E-state index contributed by atoms with van der Waals surface area (Å²) < 4.78 is 5.46. The van der Waals surface area contributed by atoms with Gasteiger partial charge in [0.1, 0.15) is 6.61 Å². The molecule has 0 atom stereocenters. The van der Waals surface area contributed by atoms with Gasteiger partial charge in [-0.25, -0.2) is 0 Å². The minimum Gasteiger partial charge on any atom is -0.482 e. The molecule has 0 aliphatic heterocycles. The Kier molecular flexibility index (Phi) is 6.18. The van der Waals surface area contributed by atoms with Crippen LogP contribution in [0.25, 0.3) is 0 Å². The molecule has 0 heterocycles. The molecule has 0 unspecified atom stereocenters. The van der Waals surface area contributed by atoms with E-state index in [0.717, 1.165) is 17.7 Å². The average Bonchev–Trinajstić information content (AvgIpc) is 2.35. The first-order chi connectivity index (χ1) is 9.40. The Balaban J connectivity index is 2.80. The van der Waals surface area contributed by atoms with Crippen LogP contribution in [0.4, 0.5) is 5.69 Å². The van der Waals surface area contributed by atoms with Gasteiger partial charge in [0.15, 0.2) is 5.75 Å². The van der Waals surface area contributed by atoms with Crippen molar-refractivity contribution < 1.29 is 9.66 Å². The smallest absolute Gasteiger partial charge is 0.310 e. The SMILES string of the molecule is C=C(C)COc1cc(CNCC(C)C)ccc1[N+](=O)[O-]. The first-order valence-corrected chi connectivity index (χ1v) is 6.65. The summed E-state index contributed by atoms with van der Waals surface area (Å²) in [4.78, 5) is 10.5. The summed E-state index contributed by atoms with van der Waals surface area (Å²) in [5.41, 5.74) is 1.77. The van der Waals surface area contributed by atoms with E-state index in [2.05, 4.69) is 25.7 Å². The van der Waals surface area contributed by atoms with Crippen LogP contribution in [-0.2, 0) is 6.54 Å². The molecule has 1 N–H and O–H groups in total. The number of nitro groups is 1. The van der Waals surface area contributed by atoms with E-state index < -0.39 is 4.92 Å². The lowest BCUT2D eigenvalue weighted by Gasteiger charge is -2.10. The molecule has 0 aromatic heterocycles. The zero-order chi connectivity index (χ0) is 15.1. The quantitative estimate of drug-likeness (QED) is 0.450. The summed E-state index contributed by atoms with van der Waals surface area (Å²) in [6.07, 6.45) is 0. The molecule has 0 aliphatic carbocycles. The fourth-order valence-corrected chi connectivity index (χ4v) is 1.64. The molecule has 20 heavy (non-hydrogen) atoms. The first-order valence-electron chi connectivity index (χ1n) is 6.65. The van der Waals surface area contributed by atoms with Crippen molar-refractivity contribution in [2.45, 2.75) is 27.3 Å². The molecule has 0 amide bonds. The first kappa shape index (κ1) is 16.2. The minimum atomic E-state index is -0.431. The predicted octanol–water partition coefficient (Wildman–Crippen LogP) is 3.30. The summed E-state index contributed by atoms with van der Waals surface area (Å²) in [6.45, 7) is 11.7. The van der Waals surface area contributed by atoms with Gasteiger partial charge in [0.25, 0.3) is 0 Å². The molecule has 0 bridgehead atoms. The van der Waals surface area contributed by atoms with E-state index in [1.807, 2.05) is 6.92 Å². The molecule has 1 aromatic rings. The van der Waals surface area contributed by atoms with Gasteiger partial charge in [-0.05, 0) is 36.6 Å². The molecule has 0 fully saturated rings. The second-order valence-corrected chi connectivity index (χ2v) is 5.33. The van der Waals surface area contributed by atoms with Gasteiger partial charge in [-0.1, -0.05) is 26.5 Å². The Morgan fingerprint density at radius 2 is 2.20 bits per heavy atom. The van der Waals surface area contributed by atoms with Crippen LogP contribution >= 0.6 is 0 Å². The number of nitrogens with zero attached hydrogens (tertiary/aromatic N) is 1. The van der Waals surface area contributed by atoms with Crippen LogP contribution < -0.4 is 10.1 Å². The Bertz CT molecular complexity index is 484. The van der Waals surface area contributed by atoms with Crippen molar-refractivity contribution in [3.05, 3.63) is 46.0 Å². The van der Waals surface area contributed by atoms with Gasteiger partial charge in [-0.2, -0.15) is 0 Å². The van der Waals surface area contributed by atoms with E-state index in [4.69, 9.17) is 4.74 Å². The van der Waals surface area contributed by atoms with E-state index in [0.29, 0.717) is 18.2 Å². The lowest BCUT2D eigenvalue weighted by molar-refractivity contribution is -0.385. The summed E-state index contributed by atoms with van der Waals surface area (Å²) in [5, 5.41) is 14.3. The zero-order valence-corrected chi connectivity index (χ0v) is 12.3. The number of hydrogen-bond donors (Lipinski definition) is 1. The Hall–Kier alpha value is -1.88. The van der Waals surface area contributed by atoms with E-state index in [1.54, 1.807) is 12.1 Å². The van der Waals surface area contributed by atoms with Gasteiger partial charge in [0.2, 0.25) is 0 Å². The van der Waals surface area contributed by atoms with Crippen molar-refractivity contribution in [1.82, 2.24) is 5.32 Å². The standard InChI is InChI=1S/C15H22N2O3/c1-11(2)8-16-9-13-5-6-14(17(18)19)15(7-13)20-10-12(3)4/h5-7,11,16H,3,8-10H2,1-2,4H3. The highest BCUT2D eigenvalue weighted by Crippen LogP contribution is 2.28. The van der Waals surface area contributed by atoms with Crippen LogP contribution in [0.3, 0.4) is 0 Å². The molecule has 0 spiro atoms. The average molecular weight is 278 g/mol. The van der Waals surface area contributed by atoms with Gasteiger partial charge in [0.05, 0.1) is 4.92 Å². The largest absolute Gasteiger partial charge is 0.482 e. The molecule has 1 aromatic carbocycles. The van der Waals surface area contributed by atoms with Crippen molar-refractivity contribution in [3.63, 3.8) is 0 Å². The molecule has 1 rings (SSSR count). The number of rotatable bonds is 8. The maximum absolute atomic E-state index is 11.0. The van der Waals surface area contributed by atoms with Crippen molar-refractivity contribution in [2.24, 2.45) is 5.92 Å². The van der Waals surface area contributed by atoms with Crippen LogP contribution in [0.15, 0.2) is 30.4 Å². The Morgan fingerprint density at radius 1 is 1.50 bits per heavy atom. The maximum atomic E-state index is 11.0. The summed E-state index contributed by atoms with van der Waals surface area (Å²) in [6, 6.07) is 4.95. The second-order valence-electron chi connectivity index (χ2n) is 5.33. The monoisotopic (exact) mass is 278 g/mol. The van der Waals surface area contributed by atoms with Crippen molar-refractivity contribution >= 4 is 5.69 Å². The molecule has 0 saturated carbocycles. The van der Waals surface area contributed by atoms with Crippen LogP contribution in [0, 0.1) is 16.0 Å². The fraction of sp³-hybridized carbons (Fsp3) is 0.467. The fourth-order valence-electron chi connectivity index (χ4n) is 1.64. The normalized spacial score (nSPS) is 10.6. The Morgan fingerprint density at radius 3 is 2.75 bits per heavy atom. The highest BCUT2D eigenvalue weighted by atomic mass is 16.6. The summed E-state index contributed by atoms with van der Waals surface area (Å²) >= 11 is 0. The van der Waals surface area contributed by atoms with Gasteiger partial charge in [0, 0.05) is 12.6 Å².